The first-order valence-electron chi connectivity index (χ1n) is 13.0. The van der Waals surface area contributed by atoms with E-state index >= 15 is 0 Å². The molecule has 6 heteroatoms. The lowest BCUT2D eigenvalue weighted by molar-refractivity contribution is 0.0953. The van der Waals surface area contributed by atoms with Crippen LogP contribution >= 0.6 is 0 Å². The average molecular weight is 498 g/mol. The molecule has 0 unspecified atom stereocenters. The number of hydrogen-bond donors (Lipinski definition) is 1. The maximum absolute atomic E-state index is 13.0. The Kier molecular flexibility index (Phi) is 6.52. The van der Waals surface area contributed by atoms with Crippen molar-refractivity contribution in [1.82, 2.24) is 10.3 Å². The molecule has 0 saturated heterocycles. The predicted octanol–water partition coefficient (Wildman–Crippen LogP) is 5.34. The van der Waals surface area contributed by atoms with Gasteiger partial charge in [-0.25, -0.2) is 0 Å². The number of nitrogens with zero attached hydrogens (tertiary/aromatic N) is 2. The third-order valence-electron chi connectivity index (χ3n) is 6.95. The number of hydrogen-bond acceptors (Lipinski definition) is 5. The van der Waals surface area contributed by atoms with Crippen molar-refractivity contribution in [3.8, 4) is 11.5 Å². The first-order chi connectivity index (χ1) is 17.7. The van der Waals surface area contributed by atoms with Crippen molar-refractivity contribution in [3.05, 3.63) is 88.2 Å². The van der Waals surface area contributed by atoms with Gasteiger partial charge in [-0.15, -0.1) is 0 Å². The summed E-state index contributed by atoms with van der Waals surface area (Å²) in [5.74, 6) is 1.50. The van der Waals surface area contributed by atoms with Crippen molar-refractivity contribution < 1.29 is 14.3 Å². The normalized spacial score (nSPS) is 16.7. The number of ether oxygens (including phenoxy) is 2. The van der Waals surface area contributed by atoms with E-state index in [9.17, 15) is 4.79 Å². The van der Waals surface area contributed by atoms with E-state index in [4.69, 9.17) is 14.5 Å². The number of methoxy groups -OCH3 is 1. The molecule has 2 aliphatic rings. The molecule has 0 atom stereocenters. The van der Waals surface area contributed by atoms with Gasteiger partial charge in [0.2, 0.25) is 0 Å². The van der Waals surface area contributed by atoms with Gasteiger partial charge in [0.25, 0.3) is 5.91 Å². The van der Waals surface area contributed by atoms with Crippen LogP contribution in [0.15, 0.2) is 59.9 Å². The first-order valence-corrected chi connectivity index (χ1v) is 13.0. The van der Waals surface area contributed by atoms with Gasteiger partial charge in [-0.1, -0.05) is 18.2 Å². The van der Waals surface area contributed by atoms with Gasteiger partial charge in [0.1, 0.15) is 5.60 Å². The van der Waals surface area contributed by atoms with Crippen LogP contribution in [-0.2, 0) is 19.3 Å². The highest BCUT2D eigenvalue weighted by Gasteiger charge is 2.39. The third-order valence-corrected chi connectivity index (χ3v) is 6.95. The third kappa shape index (κ3) is 5.24. The van der Waals surface area contributed by atoms with Crippen molar-refractivity contribution in [1.29, 1.82) is 0 Å². The van der Waals surface area contributed by atoms with Gasteiger partial charge >= 0.3 is 0 Å². The van der Waals surface area contributed by atoms with Crippen molar-refractivity contribution in [2.45, 2.75) is 64.5 Å². The van der Waals surface area contributed by atoms with Crippen LogP contribution in [0.2, 0.25) is 0 Å². The summed E-state index contributed by atoms with van der Waals surface area (Å²) in [6, 6.07) is 13.9. The Morgan fingerprint density at radius 3 is 2.70 bits per heavy atom. The molecule has 37 heavy (non-hydrogen) atoms. The van der Waals surface area contributed by atoms with Crippen LogP contribution in [0.3, 0.4) is 0 Å². The average Bonchev–Trinajstić information content (AvgIpc) is 3.20. The summed E-state index contributed by atoms with van der Waals surface area (Å²) in [5, 5.41) is 3.07. The van der Waals surface area contributed by atoms with Gasteiger partial charge in [0.15, 0.2) is 11.5 Å². The molecular weight excluding hydrogens is 462 g/mol. The Morgan fingerprint density at radius 1 is 1.11 bits per heavy atom. The second kappa shape index (κ2) is 9.66. The number of aryl methyl sites for hydroxylation is 1. The zero-order chi connectivity index (χ0) is 26.2. The largest absolute Gasteiger partial charge is 0.493 e. The molecule has 0 aliphatic carbocycles. The molecule has 0 bridgehead atoms. The zero-order valence-corrected chi connectivity index (χ0v) is 22.4. The lowest BCUT2D eigenvalue weighted by atomic mass is 9.80. The Labute approximate surface area is 219 Å². The SMILES string of the molecule is COc1cc2c(c3c1OC(C)(C)C3)C(c1cccc(C(=O)NCCCc3cccnc3)c1)=NC(C)(C)C2. The summed E-state index contributed by atoms with van der Waals surface area (Å²) in [5.41, 5.74) is 6.53. The molecule has 5 rings (SSSR count). The Bertz CT molecular complexity index is 1360. The Balaban J connectivity index is 1.43. The molecule has 0 spiro atoms. The van der Waals surface area contributed by atoms with Crippen LogP contribution in [-0.4, -0.2) is 41.4 Å². The fourth-order valence-corrected chi connectivity index (χ4v) is 5.38. The van der Waals surface area contributed by atoms with Gasteiger partial charge in [0, 0.05) is 47.6 Å². The molecule has 1 N–H and O–H groups in total. The van der Waals surface area contributed by atoms with Crippen molar-refractivity contribution in [2.75, 3.05) is 13.7 Å². The Morgan fingerprint density at radius 2 is 1.95 bits per heavy atom. The van der Waals surface area contributed by atoms with E-state index in [1.807, 2.05) is 36.5 Å². The molecule has 3 heterocycles. The molecule has 2 aromatic carbocycles. The smallest absolute Gasteiger partial charge is 0.251 e. The molecule has 192 valence electrons. The maximum Gasteiger partial charge on any atom is 0.251 e. The van der Waals surface area contributed by atoms with Crippen molar-refractivity contribution in [3.63, 3.8) is 0 Å². The number of aliphatic imine (C=N–C) groups is 1. The quantitative estimate of drug-likeness (QED) is 0.448. The van der Waals surface area contributed by atoms with Crippen molar-refractivity contribution in [2.24, 2.45) is 4.99 Å². The molecule has 6 nitrogen and oxygen atoms in total. The number of nitrogens with one attached hydrogen (secondary N) is 1. The molecule has 0 radical (unpaired) electrons. The lowest BCUT2D eigenvalue weighted by Crippen LogP contribution is -2.31. The van der Waals surface area contributed by atoms with Crippen LogP contribution in [0.4, 0.5) is 0 Å². The van der Waals surface area contributed by atoms with Crippen LogP contribution in [0.5, 0.6) is 11.5 Å². The summed E-state index contributed by atoms with van der Waals surface area (Å²) < 4.78 is 12.0. The molecular formula is C31H35N3O3. The second-order valence-corrected chi connectivity index (χ2v) is 11.2. The summed E-state index contributed by atoms with van der Waals surface area (Å²) in [6.07, 6.45) is 6.96. The maximum atomic E-state index is 13.0. The van der Waals surface area contributed by atoms with E-state index in [0.717, 1.165) is 59.6 Å². The molecule has 2 aliphatic heterocycles. The van der Waals surface area contributed by atoms with E-state index in [-0.39, 0.29) is 17.0 Å². The van der Waals surface area contributed by atoms with Gasteiger partial charge in [-0.3, -0.25) is 14.8 Å². The van der Waals surface area contributed by atoms with Gasteiger partial charge in [-0.05, 0) is 82.3 Å². The van der Waals surface area contributed by atoms with E-state index in [1.165, 1.54) is 11.1 Å². The van der Waals surface area contributed by atoms with E-state index in [1.54, 1.807) is 13.3 Å². The lowest BCUT2D eigenvalue weighted by Gasteiger charge is -2.31. The predicted molar refractivity (Wildman–Crippen MR) is 146 cm³/mol. The fourth-order valence-electron chi connectivity index (χ4n) is 5.38. The molecule has 1 amide bonds. The minimum absolute atomic E-state index is 0.0756. The van der Waals surface area contributed by atoms with Gasteiger partial charge in [0.05, 0.1) is 18.4 Å². The highest BCUT2D eigenvalue weighted by Crippen LogP contribution is 2.47. The summed E-state index contributed by atoms with van der Waals surface area (Å²) in [7, 11) is 1.69. The Hall–Kier alpha value is -3.67. The number of fused-ring (bicyclic) bond motifs is 3. The minimum Gasteiger partial charge on any atom is -0.493 e. The van der Waals surface area contributed by atoms with Crippen LogP contribution in [0, 0.1) is 0 Å². The monoisotopic (exact) mass is 497 g/mol. The topological polar surface area (TPSA) is 72.8 Å². The van der Waals surface area contributed by atoms with E-state index in [2.05, 4.69) is 50.1 Å². The highest BCUT2D eigenvalue weighted by molar-refractivity contribution is 6.16. The second-order valence-electron chi connectivity index (χ2n) is 11.2. The number of pyridine rings is 1. The van der Waals surface area contributed by atoms with Gasteiger partial charge in [-0.2, -0.15) is 0 Å². The molecule has 0 fully saturated rings. The van der Waals surface area contributed by atoms with E-state index in [0.29, 0.717) is 12.1 Å². The first kappa shape index (κ1) is 25.0. The molecule has 3 aromatic rings. The summed E-state index contributed by atoms with van der Waals surface area (Å²) >= 11 is 0. The highest BCUT2D eigenvalue weighted by atomic mass is 16.5. The van der Waals surface area contributed by atoms with Crippen LogP contribution in [0.1, 0.15) is 72.3 Å². The number of aromatic nitrogens is 1. The number of rotatable bonds is 7. The molecule has 1 aromatic heterocycles. The number of carbonyl (C=O) groups excluding carboxylic acids is 1. The summed E-state index contributed by atoms with van der Waals surface area (Å²) in [6.45, 7) is 9.10. The van der Waals surface area contributed by atoms with E-state index < -0.39 is 0 Å². The standard InChI is InChI=1S/C31H35N3O3/c1-30(2)17-23-16-25(36-5)28-24(18-31(3,4)37-28)26(23)27(34-30)21-11-6-12-22(15-21)29(35)33-14-8-10-20-9-7-13-32-19-20/h6-7,9,11-13,15-16,19H,8,10,14,17-18H2,1-5H3,(H,33,35). The summed E-state index contributed by atoms with van der Waals surface area (Å²) in [4.78, 5) is 22.4. The van der Waals surface area contributed by atoms with Crippen molar-refractivity contribution >= 4 is 11.6 Å². The molecule has 0 saturated carbocycles. The minimum atomic E-state index is -0.319. The van der Waals surface area contributed by atoms with Crippen LogP contribution < -0.4 is 14.8 Å². The number of carbonyl (C=O) groups is 1. The fraction of sp³-hybridized carbons (Fsp3) is 0.387. The zero-order valence-electron chi connectivity index (χ0n) is 22.4. The number of benzene rings is 2. The number of amides is 1. The van der Waals surface area contributed by atoms with Crippen LogP contribution in [0.25, 0.3) is 0 Å². The van der Waals surface area contributed by atoms with Gasteiger partial charge < -0.3 is 14.8 Å².